The van der Waals surface area contributed by atoms with Crippen molar-refractivity contribution in [1.29, 1.82) is 0 Å². The van der Waals surface area contributed by atoms with Gasteiger partial charge < -0.3 is 5.32 Å². The molecule has 2 bridgehead atoms. The molecule has 96 valence electrons. The Morgan fingerprint density at radius 2 is 1.79 bits per heavy atom. The molecule has 2 aliphatic carbocycles. The van der Waals surface area contributed by atoms with Gasteiger partial charge in [-0.15, -0.1) is 0 Å². The highest BCUT2D eigenvalue weighted by Crippen LogP contribution is 2.54. The molecular weight excluding hydrogens is 230 g/mol. The maximum Gasteiger partial charge on any atom is 0.0130 e. The van der Waals surface area contributed by atoms with Crippen LogP contribution in [0.1, 0.15) is 34.6 Å². The van der Waals surface area contributed by atoms with Gasteiger partial charge in [0.05, 0.1) is 0 Å². The van der Waals surface area contributed by atoms with Crippen molar-refractivity contribution in [3.8, 4) is 0 Å². The molecule has 4 rings (SSSR count). The van der Waals surface area contributed by atoms with E-state index in [0.717, 1.165) is 6.54 Å². The molecule has 2 aromatic carbocycles. The van der Waals surface area contributed by atoms with Gasteiger partial charge in [-0.3, -0.25) is 0 Å². The molecule has 2 atom stereocenters. The van der Waals surface area contributed by atoms with Crippen molar-refractivity contribution < 1.29 is 0 Å². The van der Waals surface area contributed by atoms with Crippen LogP contribution in [-0.4, -0.2) is 13.6 Å². The number of likely N-dealkylation sites (N-methyl/N-ethyl adjacent to an activating group) is 1. The Bertz CT molecular complexity index is 631. The molecule has 1 heteroatoms. The number of nitrogens with one attached hydrogen (secondary N) is 1. The Morgan fingerprint density at radius 1 is 1.05 bits per heavy atom. The van der Waals surface area contributed by atoms with E-state index in [4.69, 9.17) is 0 Å². The van der Waals surface area contributed by atoms with Crippen molar-refractivity contribution in [2.75, 3.05) is 13.6 Å². The van der Waals surface area contributed by atoms with Crippen LogP contribution in [0.4, 0.5) is 0 Å². The summed E-state index contributed by atoms with van der Waals surface area (Å²) in [6.07, 6.45) is 2.45. The van der Waals surface area contributed by atoms with Crippen LogP contribution in [0, 0.1) is 0 Å². The lowest BCUT2D eigenvalue weighted by Gasteiger charge is -2.35. The summed E-state index contributed by atoms with van der Waals surface area (Å²) in [6.45, 7) is 1.08. The summed E-state index contributed by atoms with van der Waals surface area (Å²) in [5.74, 6) is 0.606. The first kappa shape index (κ1) is 11.2. The lowest BCUT2D eigenvalue weighted by molar-refractivity contribution is 0.372. The van der Waals surface area contributed by atoms with Crippen LogP contribution in [0.15, 0.2) is 48.5 Å². The standard InChI is InChI=1S/C18H19N/c1-19-12-18-10-13-6-2-3-7-14(13)16(11-18)15-8-4-5-9-17(15)18/h2-9,16,19H,10-12H2,1H3. The third-order valence-electron chi connectivity index (χ3n) is 4.98. The maximum atomic E-state index is 3.43. The second-order valence-electron chi connectivity index (χ2n) is 6.03. The Labute approximate surface area is 114 Å². The second-order valence-corrected chi connectivity index (χ2v) is 6.03. The monoisotopic (exact) mass is 249 g/mol. The number of fused-ring (bicyclic) bond motifs is 7. The average Bonchev–Trinajstić information content (AvgIpc) is 2.71. The van der Waals surface area contributed by atoms with E-state index >= 15 is 0 Å². The summed E-state index contributed by atoms with van der Waals surface area (Å²) < 4.78 is 0. The van der Waals surface area contributed by atoms with Crippen LogP contribution in [0.5, 0.6) is 0 Å². The third kappa shape index (κ3) is 1.45. The Morgan fingerprint density at radius 3 is 2.63 bits per heavy atom. The largest absolute Gasteiger partial charge is 0.319 e. The van der Waals surface area contributed by atoms with Gasteiger partial charge in [-0.2, -0.15) is 0 Å². The quantitative estimate of drug-likeness (QED) is 0.861. The summed E-state index contributed by atoms with van der Waals surface area (Å²) in [4.78, 5) is 0. The van der Waals surface area contributed by atoms with Gasteiger partial charge in [-0.25, -0.2) is 0 Å². The van der Waals surface area contributed by atoms with Crippen molar-refractivity contribution in [2.45, 2.75) is 24.2 Å². The number of benzene rings is 2. The highest BCUT2D eigenvalue weighted by Gasteiger charge is 2.47. The summed E-state index contributed by atoms with van der Waals surface area (Å²) >= 11 is 0. The zero-order valence-corrected chi connectivity index (χ0v) is 11.3. The highest BCUT2D eigenvalue weighted by atomic mass is 14.8. The van der Waals surface area contributed by atoms with Crippen LogP contribution in [0.2, 0.25) is 0 Å². The molecule has 19 heavy (non-hydrogen) atoms. The fraction of sp³-hybridized carbons (Fsp3) is 0.333. The Hall–Kier alpha value is -1.60. The SMILES string of the molecule is CNCC12Cc3ccccc3C(C1)c1ccccc12. The summed E-state index contributed by atoms with van der Waals surface area (Å²) in [6, 6.07) is 18.1. The normalized spacial score (nSPS) is 26.9. The fourth-order valence-corrected chi connectivity index (χ4v) is 4.31. The van der Waals surface area contributed by atoms with Crippen LogP contribution < -0.4 is 5.32 Å². The van der Waals surface area contributed by atoms with Crippen LogP contribution >= 0.6 is 0 Å². The first-order valence-electron chi connectivity index (χ1n) is 7.16. The van der Waals surface area contributed by atoms with Gasteiger partial charge in [0.2, 0.25) is 0 Å². The predicted molar refractivity (Wildman–Crippen MR) is 78.7 cm³/mol. The van der Waals surface area contributed by atoms with Gasteiger partial charge in [-0.1, -0.05) is 48.5 Å². The zero-order valence-electron chi connectivity index (χ0n) is 11.3. The number of hydrogen-bond donors (Lipinski definition) is 1. The molecule has 0 heterocycles. The minimum Gasteiger partial charge on any atom is -0.319 e. The molecule has 0 spiro atoms. The number of hydrogen-bond acceptors (Lipinski definition) is 1. The van der Waals surface area contributed by atoms with E-state index in [9.17, 15) is 0 Å². The molecule has 0 amide bonds. The molecule has 0 aliphatic heterocycles. The van der Waals surface area contributed by atoms with E-state index in [-0.39, 0.29) is 0 Å². The highest BCUT2D eigenvalue weighted by molar-refractivity contribution is 5.54. The summed E-state index contributed by atoms with van der Waals surface area (Å²) in [5.41, 5.74) is 6.54. The second kappa shape index (κ2) is 3.94. The molecule has 0 radical (unpaired) electrons. The zero-order chi connectivity index (χ0) is 12.9. The molecule has 1 N–H and O–H groups in total. The molecule has 2 unspecified atom stereocenters. The predicted octanol–water partition coefficient (Wildman–Crippen LogP) is 3.24. The third-order valence-corrected chi connectivity index (χ3v) is 4.98. The minimum atomic E-state index is 0.310. The van der Waals surface area contributed by atoms with Crippen molar-refractivity contribution in [3.63, 3.8) is 0 Å². The molecular formula is C18H19N. The van der Waals surface area contributed by atoms with Gasteiger partial charge in [0.15, 0.2) is 0 Å². The Kier molecular flexibility index (Phi) is 2.33. The van der Waals surface area contributed by atoms with Crippen molar-refractivity contribution in [1.82, 2.24) is 5.32 Å². The molecule has 2 aliphatic rings. The van der Waals surface area contributed by atoms with Crippen LogP contribution in [-0.2, 0) is 11.8 Å². The summed E-state index contributed by atoms with van der Waals surface area (Å²) in [7, 11) is 2.07. The summed E-state index contributed by atoms with van der Waals surface area (Å²) in [5, 5.41) is 3.43. The van der Waals surface area contributed by atoms with Crippen molar-refractivity contribution >= 4 is 0 Å². The minimum absolute atomic E-state index is 0.310. The van der Waals surface area contributed by atoms with Gasteiger partial charge >= 0.3 is 0 Å². The van der Waals surface area contributed by atoms with Crippen molar-refractivity contribution in [2.24, 2.45) is 0 Å². The topological polar surface area (TPSA) is 12.0 Å². The van der Waals surface area contributed by atoms with Crippen molar-refractivity contribution in [3.05, 3.63) is 70.8 Å². The van der Waals surface area contributed by atoms with Gasteiger partial charge in [-0.05, 0) is 42.1 Å². The molecule has 0 saturated carbocycles. The van der Waals surface area contributed by atoms with Gasteiger partial charge in [0.1, 0.15) is 0 Å². The van der Waals surface area contributed by atoms with E-state index in [1.807, 2.05) is 0 Å². The van der Waals surface area contributed by atoms with E-state index in [0.29, 0.717) is 11.3 Å². The van der Waals surface area contributed by atoms with Crippen LogP contribution in [0.3, 0.4) is 0 Å². The smallest absolute Gasteiger partial charge is 0.0130 e. The lowest BCUT2D eigenvalue weighted by Crippen LogP contribution is -2.39. The van der Waals surface area contributed by atoms with Crippen LogP contribution in [0.25, 0.3) is 0 Å². The van der Waals surface area contributed by atoms with Gasteiger partial charge in [0, 0.05) is 17.9 Å². The first-order chi connectivity index (χ1) is 9.34. The van der Waals surface area contributed by atoms with E-state index in [1.54, 1.807) is 22.3 Å². The molecule has 0 saturated heterocycles. The van der Waals surface area contributed by atoms with E-state index in [1.165, 1.54) is 12.8 Å². The maximum absolute atomic E-state index is 3.43. The van der Waals surface area contributed by atoms with Gasteiger partial charge in [0.25, 0.3) is 0 Å². The fourth-order valence-electron chi connectivity index (χ4n) is 4.31. The first-order valence-corrected chi connectivity index (χ1v) is 7.16. The molecule has 2 aromatic rings. The Balaban J connectivity index is 1.96. The molecule has 1 nitrogen and oxygen atoms in total. The molecule has 0 fully saturated rings. The number of rotatable bonds is 2. The van der Waals surface area contributed by atoms with E-state index in [2.05, 4.69) is 60.9 Å². The van der Waals surface area contributed by atoms with E-state index < -0.39 is 0 Å². The average molecular weight is 249 g/mol. The lowest BCUT2D eigenvalue weighted by atomic mass is 9.70. The molecule has 0 aromatic heterocycles.